The lowest BCUT2D eigenvalue weighted by Crippen LogP contribution is -2.49. The maximum atomic E-state index is 14.2. The van der Waals surface area contributed by atoms with Crippen molar-refractivity contribution in [1.82, 2.24) is 10.2 Å². The van der Waals surface area contributed by atoms with E-state index in [0.29, 0.717) is 23.8 Å². The van der Waals surface area contributed by atoms with Crippen LogP contribution in [0.4, 0.5) is 4.39 Å². The van der Waals surface area contributed by atoms with E-state index in [2.05, 4.69) is 19.2 Å². The molecule has 0 spiro atoms. The molecule has 0 aliphatic heterocycles. The van der Waals surface area contributed by atoms with Crippen molar-refractivity contribution in [3.8, 4) is 5.75 Å². The summed E-state index contributed by atoms with van der Waals surface area (Å²) < 4.78 is 19.9. The number of nitrogens with one attached hydrogen (secondary N) is 1. The van der Waals surface area contributed by atoms with Crippen LogP contribution in [0.25, 0.3) is 0 Å². The highest BCUT2D eigenvalue weighted by atomic mass is 19.1. The summed E-state index contributed by atoms with van der Waals surface area (Å²) in [4.78, 5) is 27.0. The van der Waals surface area contributed by atoms with E-state index in [1.165, 1.54) is 16.5 Å². The number of carbonyl (C=O) groups excluding carboxylic acids is 2. The van der Waals surface area contributed by atoms with Crippen molar-refractivity contribution in [1.29, 1.82) is 0 Å². The van der Waals surface area contributed by atoms with Crippen molar-refractivity contribution >= 4 is 11.8 Å². The highest BCUT2D eigenvalue weighted by molar-refractivity contribution is 5.87. The molecule has 31 heavy (non-hydrogen) atoms. The predicted octanol–water partition coefficient (Wildman–Crippen LogP) is 4.52. The molecule has 0 radical (unpaired) electrons. The van der Waals surface area contributed by atoms with Crippen LogP contribution in [0.2, 0.25) is 0 Å². The average molecular weight is 429 g/mol. The SMILES string of the molecule is CC(C)CNC(=O)[C@@H](C)N(Cc1ccccc1F)C(=O)COc1ccc(C(C)C)cc1. The summed E-state index contributed by atoms with van der Waals surface area (Å²) in [7, 11) is 0. The topological polar surface area (TPSA) is 58.6 Å². The van der Waals surface area contributed by atoms with E-state index in [0.717, 1.165) is 0 Å². The molecule has 1 N–H and O–H groups in total. The first-order chi connectivity index (χ1) is 14.7. The van der Waals surface area contributed by atoms with Gasteiger partial charge in [0, 0.05) is 18.7 Å². The van der Waals surface area contributed by atoms with Crippen LogP contribution >= 0.6 is 0 Å². The van der Waals surface area contributed by atoms with Gasteiger partial charge >= 0.3 is 0 Å². The monoisotopic (exact) mass is 428 g/mol. The van der Waals surface area contributed by atoms with Gasteiger partial charge in [-0.1, -0.05) is 58.0 Å². The zero-order valence-electron chi connectivity index (χ0n) is 19.0. The first-order valence-corrected chi connectivity index (χ1v) is 10.7. The van der Waals surface area contributed by atoms with E-state index in [1.807, 2.05) is 38.1 Å². The lowest BCUT2D eigenvalue weighted by atomic mass is 10.0. The van der Waals surface area contributed by atoms with Gasteiger partial charge in [-0.05, 0) is 42.5 Å². The fraction of sp³-hybridized carbons (Fsp3) is 0.440. The van der Waals surface area contributed by atoms with Gasteiger partial charge in [0.25, 0.3) is 5.91 Å². The number of carbonyl (C=O) groups is 2. The fourth-order valence-electron chi connectivity index (χ4n) is 3.02. The quantitative estimate of drug-likeness (QED) is 0.605. The molecule has 0 fully saturated rings. The molecule has 0 bridgehead atoms. The average Bonchev–Trinajstić information content (AvgIpc) is 2.75. The lowest BCUT2D eigenvalue weighted by molar-refractivity contribution is -0.142. The largest absolute Gasteiger partial charge is 0.484 e. The third kappa shape index (κ3) is 7.39. The highest BCUT2D eigenvalue weighted by Gasteiger charge is 2.27. The van der Waals surface area contributed by atoms with Crippen LogP contribution in [0.3, 0.4) is 0 Å². The van der Waals surface area contributed by atoms with Crippen LogP contribution in [0.1, 0.15) is 51.7 Å². The van der Waals surface area contributed by atoms with Crippen LogP contribution in [-0.2, 0) is 16.1 Å². The molecule has 168 valence electrons. The Morgan fingerprint density at radius 2 is 1.65 bits per heavy atom. The summed E-state index contributed by atoms with van der Waals surface area (Å²) in [6.45, 7) is 10.1. The molecule has 0 unspecified atom stereocenters. The minimum atomic E-state index is -0.766. The highest BCUT2D eigenvalue weighted by Crippen LogP contribution is 2.19. The number of ether oxygens (including phenoxy) is 1. The third-order valence-corrected chi connectivity index (χ3v) is 5.06. The predicted molar refractivity (Wildman–Crippen MR) is 120 cm³/mol. The second-order valence-electron chi connectivity index (χ2n) is 8.44. The van der Waals surface area contributed by atoms with E-state index < -0.39 is 11.9 Å². The standard InChI is InChI=1S/C25H33FN2O3/c1-17(2)14-27-25(30)19(5)28(15-21-8-6-7-9-23(21)26)24(29)16-31-22-12-10-20(11-13-22)18(3)4/h6-13,17-19H,14-16H2,1-5H3,(H,27,30)/t19-/m1/s1. The normalized spacial score (nSPS) is 12.0. The Hall–Kier alpha value is -2.89. The van der Waals surface area contributed by atoms with E-state index >= 15 is 0 Å². The van der Waals surface area contributed by atoms with Gasteiger partial charge in [-0.25, -0.2) is 4.39 Å². The second-order valence-corrected chi connectivity index (χ2v) is 8.44. The van der Waals surface area contributed by atoms with Gasteiger partial charge < -0.3 is 15.0 Å². The van der Waals surface area contributed by atoms with Crippen molar-refractivity contribution in [2.45, 2.75) is 53.1 Å². The Balaban J connectivity index is 2.12. The van der Waals surface area contributed by atoms with E-state index in [-0.39, 0.29) is 30.9 Å². The molecule has 2 rings (SSSR count). The Kier molecular flexibility index (Phi) is 9.03. The molecule has 5 nitrogen and oxygen atoms in total. The van der Waals surface area contributed by atoms with Gasteiger partial charge in [0.05, 0.1) is 0 Å². The van der Waals surface area contributed by atoms with Gasteiger partial charge in [0.15, 0.2) is 6.61 Å². The van der Waals surface area contributed by atoms with Crippen LogP contribution in [0.15, 0.2) is 48.5 Å². The van der Waals surface area contributed by atoms with Crippen molar-refractivity contribution < 1.29 is 18.7 Å². The Morgan fingerprint density at radius 3 is 2.23 bits per heavy atom. The van der Waals surface area contributed by atoms with E-state index in [9.17, 15) is 14.0 Å². The summed E-state index contributed by atoms with van der Waals surface area (Å²) in [5, 5.41) is 2.84. The molecule has 1 atom stereocenters. The molecule has 0 aromatic heterocycles. The second kappa shape index (κ2) is 11.5. The molecule has 2 aromatic carbocycles. The molecule has 0 heterocycles. The molecule has 0 aliphatic carbocycles. The van der Waals surface area contributed by atoms with Gasteiger partial charge in [-0.15, -0.1) is 0 Å². The molecule has 0 saturated carbocycles. The summed E-state index contributed by atoms with van der Waals surface area (Å²) in [5.41, 5.74) is 1.52. The maximum Gasteiger partial charge on any atom is 0.261 e. The number of rotatable bonds is 10. The summed E-state index contributed by atoms with van der Waals surface area (Å²) >= 11 is 0. The lowest BCUT2D eigenvalue weighted by Gasteiger charge is -2.29. The number of benzene rings is 2. The van der Waals surface area contributed by atoms with Crippen LogP contribution in [-0.4, -0.2) is 35.9 Å². The van der Waals surface area contributed by atoms with Gasteiger partial charge in [0.2, 0.25) is 5.91 Å². The van der Waals surface area contributed by atoms with Crippen LogP contribution in [0.5, 0.6) is 5.75 Å². The van der Waals surface area contributed by atoms with E-state index in [1.54, 1.807) is 25.1 Å². The van der Waals surface area contributed by atoms with Crippen LogP contribution in [0, 0.1) is 11.7 Å². The van der Waals surface area contributed by atoms with Crippen molar-refractivity contribution in [2.24, 2.45) is 5.92 Å². The number of halogens is 1. The Morgan fingerprint density at radius 1 is 1.00 bits per heavy atom. The first kappa shape index (κ1) is 24.4. The van der Waals surface area contributed by atoms with Crippen molar-refractivity contribution in [2.75, 3.05) is 13.2 Å². The van der Waals surface area contributed by atoms with Crippen LogP contribution < -0.4 is 10.1 Å². The summed E-state index contributed by atoms with van der Waals surface area (Å²) in [6.07, 6.45) is 0. The Bertz CT molecular complexity index is 865. The van der Waals surface area contributed by atoms with Gasteiger partial charge in [-0.3, -0.25) is 9.59 Å². The number of amides is 2. The number of hydrogen-bond acceptors (Lipinski definition) is 3. The minimum absolute atomic E-state index is 0.0164. The smallest absolute Gasteiger partial charge is 0.261 e. The van der Waals surface area contributed by atoms with Gasteiger partial charge in [0.1, 0.15) is 17.6 Å². The molecular formula is C25H33FN2O3. The van der Waals surface area contributed by atoms with Crippen molar-refractivity contribution in [3.05, 3.63) is 65.5 Å². The molecule has 2 aromatic rings. The fourth-order valence-corrected chi connectivity index (χ4v) is 3.02. The Labute approximate surface area is 184 Å². The zero-order chi connectivity index (χ0) is 23.0. The molecule has 0 saturated heterocycles. The van der Waals surface area contributed by atoms with Crippen molar-refractivity contribution in [3.63, 3.8) is 0 Å². The first-order valence-electron chi connectivity index (χ1n) is 10.7. The number of nitrogens with zero attached hydrogens (tertiary/aromatic N) is 1. The molecular weight excluding hydrogens is 395 g/mol. The summed E-state index contributed by atoms with van der Waals surface area (Å²) in [5.74, 6) is 0.171. The molecule has 6 heteroatoms. The molecule has 0 aliphatic rings. The summed E-state index contributed by atoms with van der Waals surface area (Å²) in [6, 6.07) is 13.1. The maximum absolute atomic E-state index is 14.2. The van der Waals surface area contributed by atoms with Gasteiger partial charge in [-0.2, -0.15) is 0 Å². The molecule has 2 amide bonds. The third-order valence-electron chi connectivity index (χ3n) is 5.06. The van der Waals surface area contributed by atoms with E-state index in [4.69, 9.17) is 4.74 Å². The minimum Gasteiger partial charge on any atom is -0.484 e. The zero-order valence-corrected chi connectivity index (χ0v) is 19.0. The number of hydrogen-bond donors (Lipinski definition) is 1.